The highest BCUT2D eigenvalue weighted by molar-refractivity contribution is 5.83. The van der Waals surface area contributed by atoms with Crippen molar-refractivity contribution in [3.8, 4) is 5.75 Å². The van der Waals surface area contributed by atoms with Crippen LogP contribution in [0.2, 0.25) is 0 Å². The van der Waals surface area contributed by atoms with E-state index in [1.165, 1.54) is 0 Å². The quantitative estimate of drug-likeness (QED) is 0.742. The molecule has 0 unspecified atom stereocenters. The van der Waals surface area contributed by atoms with Crippen LogP contribution in [0.3, 0.4) is 0 Å². The molecular formula is C21H25N3O2. The standard InChI is InChI=1S/C21H25N3O2/c1-26-21-9-5-4-8-19(21)24-12-10-23(11-13-24)15-20(25)17-14-22-18-7-3-2-6-16(17)18/h2-9,14,20,22,25H,10-13,15H2,1H3/t20-/m0/s1. The molecule has 0 amide bonds. The summed E-state index contributed by atoms with van der Waals surface area (Å²) in [6, 6.07) is 16.3. The Hall–Kier alpha value is -2.50. The fourth-order valence-electron chi connectivity index (χ4n) is 3.77. The Kier molecular flexibility index (Phi) is 4.82. The molecule has 3 aromatic rings. The van der Waals surface area contributed by atoms with Crippen LogP contribution in [0.4, 0.5) is 5.69 Å². The lowest BCUT2D eigenvalue weighted by Crippen LogP contribution is -2.47. The smallest absolute Gasteiger partial charge is 0.142 e. The van der Waals surface area contributed by atoms with E-state index in [2.05, 4.69) is 26.9 Å². The number of ether oxygens (including phenoxy) is 1. The number of H-pyrrole nitrogens is 1. The molecule has 2 heterocycles. The first-order valence-corrected chi connectivity index (χ1v) is 9.10. The van der Waals surface area contributed by atoms with Gasteiger partial charge in [-0.05, 0) is 18.2 Å². The molecule has 1 aliphatic heterocycles. The van der Waals surface area contributed by atoms with Gasteiger partial charge in [-0.2, -0.15) is 0 Å². The summed E-state index contributed by atoms with van der Waals surface area (Å²) in [4.78, 5) is 7.93. The van der Waals surface area contributed by atoms with E-state index in [0.717, 1.165) is 54.1 Å². The number of aliphatic hydroxyl groups is 1. The number of β-amino-alcohol motifs (C(OH)–C–C–N with tert-alkyl or cyclic N) is 1. The minimum atomic E-state index is -0.482. The van der Waals surface area contributed by atoms with Crippen LogP contribution in [0, 0.1) is 0 Å². The van der Waals surface area contributed by atoms with Crippen molar-refractivity contribution in [2.45, 2.75) is 6.10 Å². The van der Waals surface area contributed by atoms with Gasteiger partial charge >= 0.3 is 0 Å². The fourth-order valence-corrected chi connectivity index (χ4v) is 3.77. The van der Waals surface area contributed by atoms with Crippen molar-refractivity contribution in [2.24, 2.45) is 0 Å². The number of nitrogens with zero attached hydrogens (tertiary/aromatic N) is 2. The highest BCUT2D eigenvalue weighted by Gasteiger charge is 2.22. The van der Waals surface area contributed by atoms with Gasteiger partial charge in [-0.1, -0.05) is 30.3 Å². The van der Waals surface area contributed by atoms with Crippen LogP contribution in [0.25, 0.3) is 10.9 Å². The normalized spacial score (nSPS) is 16.8. The van der Waals surface area contributed by atoms with Crippen LogP contribution in [-0.2, 0) is 0 Å². The predicted molar refractivity (Wildman–Crippen MR) is 105 cm³/mol. The second-order valence-corrected chi connectivity index (χ2v) is 6.76. The zero-order valence-corrected chi connectivity index (χ0v) is 15.1. The minimum absolute atomic E-state index is 0.482. The predicted octanol–water partition coefficient (Wildman–Crippen LogP) is 3.03. The van der Waals surface area contributed by atoms with Crippen molar-refractivity contribution < 1.29 is 9.84 Å². The summed E-state index contributed by atoms with van der Waals surface area (Å²) in [6.07, 6.45) is 1.45. The molecule has 0 radical (unpaired) electrons. The molecular weight excluding hydrogens is 326 g/mol. The van der Waals surface area contributed by atoms with Crippen molar-refractivity contribution in [1.82, 2.24) is 9.88 Å². The number of para-hydroxylation sites is 3. The van der Waals surface area contributed by atoms with Crippen LogP contribution < -0.4 is 9.64 Å². The zero-order chi connectivity index (χ0) is 17.9. The number of benzene rings is 2. The first kappa shape index (κ1) is 16.9. The highest BCUT2D eigenvalue weighted by atomic mass is 16.5. The second-order valence-electron chi connectivity index (χ2n) is 6.76. The lowest BCUT2D eigenvalue weighted by atomic mass is 10.1. The third-order valence-electron chi connectivity index (χ3n) is 5.21. The maximum Gasteiger partial charge on any atom is 0.142 e. The summed E-state index contributed by atoms with van der Waals surface area (Å²) in [6.45, 7) is 4.37. The topological polar surface area (TPSA) is 51.7 Å². The lowest BCUT2D eigenvalue weighted by molar-refractivity contribution is 0.110. The van der Waals surface area contributed by atoms with Crippen molar-refractivity contribution in [3.05, 3.63) is 60.3 Å². The van der Waals surface area contributed by atoms with E-state index in [-0.39, 0.29) is 0 Å². The largest absolute Gasteiger partial charge is 0.495 e. The van der Waals surface area contributed by atoms with Gasteiger partial charge in [-0.15, -0.1) is 0 Å². The number of hydrogen-bond donors (Lipinski definition) is 2. The maximum absolute atomic E-state index is 10.7. The van der Waals surface area contributed by atoms with E-state index in [9.17, 15) is 5.11 Å². The molecule has 1 saturated heterocycles. The fraction of sp³-hybridized carbons (Fsp3) is 0.333. The third-order valence-corrected chi connectivity index (χ3v) is 5.21. The summed E-state index contributed by atoms with van der Waals surface area (Å²) >= 11 is 0. The Balaban J connectivity index is 1.39. The molecule has 0 bridgehead atoms. The van der Waals surface area contributed by atoms with Gasteiger partial charge in [0.1, 0.15) is 5.75 Å². The number of nitrogens with one attached hydrogen (secondary N) is 1. The van der Waals surface area contributed by atoms with Gasteiger partial charge in [0.2, 0.25) is 0 Å². The van der Waals surface area contributed by atoms with Gasteiger partial charge in [0.15, 0.2) is 0 Å². The number of aromatic nitrogens is 1. The maximum atomic E-state index is 10.7. The minimum Gasteiger partial charge on any atom is -0.495 e. The number of methoxy groups -OCH3 is 1. The second kappa shape index (κ2) is 7.40. The molecule has 5 nitrogen and oxygen atoms in total. The van der Waals surface area contributed by atoms with Gasteiger partial charge in [0.25, 0.3) is 0 Å². The van der Waals surface area contributed by atoms with Crippen molar-refractivity contribution in [1.29, 1.82) is 0 Å². The van der Waals surface area contributed by atoms with E-state index < -0.39 is 6.10 Å². The number of fused-ring (bicyclic) bond motifs is 1. The van der Waals surface area contributed by atoms with Crippen LogP contribution in [-0.4, -0.2) is 54.8 Å². The van der Waals surface area contributed by atoms with Gasteiger partial charge in [-0.3, -0.25) is 4.90 Å². The average molecular weight is 351 g/mol. The van der Waals surface area contributed by atoms with Crippen molar-refractivity contribution in [3.63, 3.8) is 0 Å². The molecule has 1 aliphatic rings. The summed E-state index contributed by atoms with van der Waals surface area (Å²) in [5, 5.41) is 11.8. The Morgan fingerprint density at radius 2 is 1.77 bits per heavy atom. The molecule has 0 saturated carbocycles. The molecule has 1 aromatic heterocycles. The van der Waals surface area contributed by atoms with Gasteiger partial charge < -0.3 is 19.7 Å². The number of anilines is 1. The molecule has 1 atom stereocenters. The number of rotatable bonds is 5. The summed E-state index contributed by atoms with van der Waals surface area (Å²) in [5.41, 5.74) is 3.20. The van der Waals surface area contributed by atoms with E-state index in [1.807, 2.05) is 42.6 Å². The highest BCUT2D eigenvalue weighted by Crippen LogP contribution is 2.29. The van der Waals surface area contributed by atoms with Crippen LogP contribution in [0.1, 0.15) is 11.7 Å². The molecule has 0 spiro atoms. The monoisotopic (exact) mass is 351 g/mol. The van der Waals surface area contributed by atoms with E-state index in [0.29, 0.717) is 6.54 Å². The Morgan fingerprint density at radius 1 is 1.04 bits per heavy atom. The number of aromatic amines is 1. The average Bonchev–Trinajstić information content (AvgIpc) is 3.13. The summed E-state index contributed by atoms with van der Waals surface area (Å²) < 4.78 is 5.48. The Labute approximate surface area is 153 Å². The van der Waals surface area contributed by atoms with Gasteiger partial charge in [0.05, 0.1) is 18.9 Å². The molecule has 2 aromatic carbocycles. The summed E-state index contributed by atoms with van der Waals surface area (Å²) in [7, 11) is 1.71. The van der Waals surface area contributed by atoms with Crippen LogP contribution in [0.15, 0.2) is 54.7 Å². The molecule has 0 aliphatic carbocycles. The SMILES string of the molecule is COc1ccccc1N1CCN(C[C@H](O)c2c[nH]c3ccccc23)CC1. The first-order valence-electron chi connectivity index (χ1n) is 9.10. The van der Waals surface area contributed by atoms with Crippen LogP contribution >= 0.6 is 0 Å². The molecule has 2 N–H and O–H groups in total. The van der Waals surface area contributed by atoms with E-state index in [1.54, 1.807) is 7.11 Å². The Morgan fingerprint density at radius 3 is 2.58 bits per heavy atom. The molecule has 26 heavy (non-hydrogen) atoms. The van der Waals surface area contributed by atoms with Gasteiger partial charge in [-0.25, -0.2) is 0 Å². The van der Waals surface area contributed by atoms with Crippen LogP contribution in [0.5, 0.6) is 5.75 Å². The van der Waals surface area contributed by atoms with E-state index >= 15 is 0 Å². The van der Waals surface area contributed by atoms with Crippen molar-refractivity contribution >= 4 is 16.6 Å². The molecule has 136 valence electrons. The number of aliphatic hydroxyl groups excluding tert-OH is 1. The molecule has 5 heteroatoms. The van der Waals surface area contributed by atoms with Gasteiger partial charge in [0, 0.05) is 55.4 Å². The number of hydrogen-bond acceptors (Lipinski definition) is 4. The first-order chi connectivity index (χ1) is 12.8. The zero-order valence-electron chi connectivity index (χ0n) is 15.1. The summed E-state index contributed by atoms with van der Waals surface area (Å²) in [5.74, 6) is 0.916. The van der Waals surface area contributed by atoms with Crippen molar-refractivity contribution in [2.75, 3.05) is 44.7 Å². The Bertz CT molecular complexity index is 868. The van der Waals surface area contributed by atoms with E-state index in [4.69, 9.17) is 4.74 Å². The molecule has 4 rings (SSSR count). The lowest BCUT2D eigenvalue weighted by Gasteiger charge is -2.37. The number of piperazine rings is 1. The molecule has 1 fully saturated rings. The third kappa shape index (κ3) is 3.28.